The van der Waals surface area contributed by atoms with Crippen molar-refractivity contribution in [2.45, 2.75) is 33.2 Å². The zero-order valence-electron chi connectivity index (χ0n) is 15.0. The number of anilines is 2. The Hall–Kier alpha value is -2.82. The molecule has 0 radical (unpaired) electrons. The van der Waals surface area contributed by atoms with Gasteiger partial charge in [0.2, 0.25) is 5.91 Å². The van der Waals surface area contributed by atoms with Gasteiger partial charge in [0.15, 0.2) is 0 Å². The molecule has 0 aliphatic carbocycles. The van der Waals surface area contributed by atoms with E-state index in [0.717, 1.165) is 23.6 Å². The molecule has 0 bridgehead atoms. The molecule has 1 heterocycles. The maximum atomic E-state index is 12.1. The molecule has 0 saturated heterocycles. The lowest BCUT2D eigenvalue weighted by Crippen LogP contribution is -2.12. The number of benzene rings is 1. The number of carbonyl (C=O) groups excluding carboxylic acids is 1. The summed E-state index contributed by atoms with van der Waals surface area (Å²) in [6.07, 6.45) is 5.82. The molecule has 0 saturated carbocycles. The summed E-state index contributed by atoms with van der Waals surface area (Å²) in [4.78, 5) is 16.4. The third kappa shape index (κ3) is 6.30. The first-order valence-electron chi connectivity index (χ1n) is 8.52. The Morgan fingerprint density at radius 3 is 2.72 bits per heavy atom. The minimum absolute atomic E-state index is 0.211. The predicted molar refractivity (Wildman–Crippen MR) is 103 cm³/mol. The smallest absolute Gasteiger partial charge is 0.248 e. The zero-order valence-corrected chi connectivity index (χ0v) is 15.0. The van der Waals surface area contributed by atoms with Gasteiger partial charge in [0.1, 0.15) is 11.6 Å². The molecule has 25 heavy (non-hydrogen) atoms. The van der Waals surface area contributed by atoms with E-state index in [9.17, 15) is 4.79 Å². The lowest BCUT2D eigenvalue weighted by atomic mass is 10.2. The third-order valence-corrected chi connectivity index (χ3v) is 3.26. The molecule has 5 nitrogen and oxygen atoms in total. The topological polar surface area (TPSA) is 63.2 Å². The fraction of sp³-hybridized carbons (Fsp3) is 0.300. The monoisotopic (exact) mass is 339 g/mol. The van der Waals surface area contributed by atoms with Gasteiger partial charge in [-0.15, -0.1) is 0 Å². The molecule has 2 rings (SSSR count). The maximum absolute atomic E-state index is 12.1. The highest BCUT2D eigenvalue weighted by Gasteiger charge is 2.02. The summed E-state index contributed by atoms with van der Waals surface area (Å²) in [6.45, 7) is 6.80. The van der Waals surface area contributed by atoms with Gasteiger partial charge in [-0.1, -0.05) is 25.1 Å². The van der Waals surface area contributed by atoms with Crippen molar-refractivity contribution in [1.82, 2.24) is 4.98 Å². The normalized spacial score (nSPS) is 10.9. The second kappa shape index (κ2) is 9.47. The Balaban J connectivity index is 1.97. The zero-order chi connectivity index (χ0) is 18.1. The molecule has 0 unspecified atom stereocenters. The van der Waals surface area contributed by atoms with Gasteiger partial charge >= 0.3 is 0 Å². The number of carbonyl (C=O) groups is 1. The number of hydrogen-bond donors (Lipinski definition) is 2. The summed E-state index contributed by atoms with van der Waals surface area (Å²) in [5, 5.41) is 6.00. The van der Waals surface area contributed by atoms with Gasteiger partial charge in [-0.05, 0) is 44.5 Å². The van der Waals surface area contributed by atoms with Crippen LogP contribution in [-0.4, -0.2) is 23.5 Å². The van der Waals surface area contributed by atoms with Crippen LogP contribution < -0.4 is 15.4 Å². The fourth-order valence-electron chi connectivity index (χ4n) is 2.16. The largest absolute Gasteiger partial charge is 0.493 e. The Morgan fingerprint density at radius 1 is 1.24 bits per heavy atom. The van der Waals surface area contributed by atoms with Gasteiger partial charge in [-0.3, -0.25) is 4.79 Å². The Morgan fingerprint density at radius 2 is 2.04 bits per heavy atom. The molecule has 0 aliphatic heterocycles. The van der Waals surface area contributed by atoms with Gasteiger partial charge in [-0.25, -0.2) is 4.98 Å². The minimum Gasteiger partial charge on any atom is -0.493 e. The van der Waals surface area contributed by atoms with Crippen molar-refractivity contribution >= 4 is 23.5 Å². The summed E-state index contributed by atoms with van der Waals surface area (Å²) in [6, 6.07) is 11.6. The van der Waals surface area contributed by atoms with Crippen LogP contribution in [0.15, 0.2) is 48.7 Å². The van der Waals surface area contributed by atoms with Crippen molar-refractivity contribution in [3.8, 4) is 5.75 Å². The van der Waals surface area contributed by atoms with Gasteiger partial charge in [0, 0.05) is 17.7 Å². The van der Waals surface area contributed by atoms with E-state index in [-0.39, 0.29) is 5.91 Å². The number of hydrogen-bond acceptors (Lipinski definition) is 4. The minimum atomic E-state index is -0.211. The number of rotatable bonds is 8. The molecule has 0 spiro atoms. The predicted octanol–water partition coefficient (Wildman–Crippen LogP) is 4.34. The van der Waals surface area contributed by atoms with Gasteiger partial charge in [-0.2, -0.15) is 0 Å². The van der Waals surface area contributed by atoms with E-state index in [1.54, 1.807) is 12.3 Å². The van der Waals surface area contributed by atoms with Crippen LogP contribution in [-0.2, 0) is 4.79 Å². The number of pyridine rings is 1. The molecule has 132 valence electrons. The van der Waals surface area contributed by atoms with E-state index >= 15 is 0 Å². The maximum Gasteiger partial charge on any atom is 0.248 e. The van der Waals surface area contributed by atoms with Crippen molar-refractivity contribution in [1.29, 1.82) is 0 Å². The fourth-order valence-corrected chi connectivity index (χ4v) is 2.16. The van der Waals surface area contributed by atoms with E-state index in [1.807, 2.05) is 50.2 Å². The van der Waals surface area contributed by atoms with E-state index in [0.29, 0.717) is 18.3 Å². The van der Waals surface area contributed by atoms with Gasteiger partial charge < -0.3 is 15.4 Å². The van der Waals surface area contributed by atoms with Crippen molar-refractivity contribution in [3.63, 3.8) is 0 Å². The molecule has 1 amide bonds. The number of aromatic nitrogens is 1. The molecule has 1 aromatic carbocycles. The second-order valence-electron chi connectivity index (χ2n) is 5.94. The van der Waals surface area contributed by atoms with Crippen LogP contribution in [0.3, 0.4) is 0 Å². The number of nitrogens with zero attached hydrogens (tertiary/aromatic N) is 1. The van der Waals surface area contributed by atoms with Gasteiger partial charge in [0.05, 0.1) is 18.5 Å². The lowest BCUT2D eigenvalue weighted by molar-refractivity contribution is -0.111. The van der Waals surface area contributed by atoms with Crippen LogP contribution in [0.2, 0.25) is 0 Å². The molecule has 2 N–H and O–H groups in total. The second-order valence-corrected chi connectivity index (χ2v) is 5.94. The molecule has 0 atom stereocenters. The SMILES string of the molecule is CCCOc1ccccc1/C=C/C(=O)Nc1ccc(NC(C)C)nc1. The first-order chi connectivity index (χ1) is 12.1. The molecule has 2 aromatic rings. The van der Waals surface area contributed by atoms with E-state index in [1.165, 1.54) is 6.08 Å². The number of nitrogens with one attached hydrogen (secondary N) is 2. The van der Waals surface area contributed by atoms with E-state index in [4.69, 9.17) is 4.74 Å². The summed E-state index contributed by atoms with van der Waals surface area (Å²) in [5.74, 6) is 1.35. The van der Waals surface area contributed by atoms with Crippen molar-refractivity contribution in [2.24, 2.45) is 0 Å². The summed E-state index contributed by atoms with van der Waals surface area (Å²) < 4.78 is 5.68. The van der Waals surface area contributed by atoms with Crippen LogP contribution in [0.5, 0.6) is 5.75 Å². The average Bonchev–Trinajstić information content (AvgIpc) is 2.60. The van der Waals surface area contributed by atoms with Crippen molar-refractivity contribution < 1.29 is 9.53 Å². The molecule has 1 aromatic heterocycles. The summed E-state index contributed by atoms with van der Waals surface area (Å²) in [5.41, 5.74) is 1.53. The molecular weight excluding hydrogens is 314 g/mol. The standard InChI is InChI=1S/C20H25N3O2/c1-4-13-25-18-8-6-5-7-16(18)9-12-20(24)23-17-10-11-19(21-14-17)22-15(2)3/h5-12,14-15H,4,13H2,1-3H3,(H,21,22)(H,23,24)/b12-9+. The molecule has 5 heteroatoms. The summed E-state index contributed by atoms with van der Waals surface area (Å²) >= 11 is 0. The van der Waals surface area contributed by atoms with Crippen LogP contribution in [0, 0.1) is 0 Å². The Kier molecular flexibility index (Phi) is 7.01. The third-order valence-electron chi connectivity index (χ3n) is 3.26. The van der Waals surface area contributed by atoms with Crippen LogP contribution in [0.25, 0.3) is 6.08 Å². The molecular formula is C20H25N3O2. The number of ether oxygens (including phenoxy) is 1. The van der Waals surface area contributed by atoms with Crippen LogP contribution in [0.4, 0.5) is 11.5 Å². The highest BCUT2D eigenvalue weighted by Crippen LogP contribution is 2.19. The molecule has 0 aliphatic rings. The van der Waals surface area contributed by atoms with E-state index in [2.05, 4.69) is 22.5 Å². The summed E-state index contributed by atoms with van der Waals surface area (Å²) in [7, 11) is 0. The van der Waals surface area contributed by atoms with Crippen LogP contribution >= 0.6 is 0 Å². The highest BCUT2D eigenvalue weighted by atomic mass is 16.5. The average molecular weight is 339 g/mol. The van der Waals surface area contributed by atoms with Crippen molar-refractivity contribution in [3.05, 3.63) is 54.2 Å². The van der Waals surface area contributed by atoms with Crippen molar-refractivity contribution in [2.75, 3.05) is 17.2 Å². The first-order valence-corrected chi connectivity index (χ1v) is 8.52. The number of para-hydroxylation sites is 1. The Bertz CT molecular complexity index is 709. The molecule has 0 fully saturated rings. The quantitative estimate of drug-likeness (QED) is 0.702. The first kappa shape index (κ1) is 18.5. The van der Waals surface area contributed by atoms with Gasteiger partial charge in [0.25, 0.3) is 0 Å². The van der Waals surface area contributed by atoms with E-state index < -0.39 is 0 Å². The Labute approximate surface area is 149 Å². The highest BCUT2D eigenvalue weighted by molar-refractivity contribution is 6.02. The lowest BCUT2D eigenvalue weighted by Gasteiger charge is -2.09. The van der Waals surface area contributed by atoms with Crippen LogP contribution in [0.1, 0.15) is 32.8 Å². The number of amides is 1.